The quantitative estimate of drug-likeness (QED) is 0.865. The number of aromatic carboxylic acids is 2. The standard InChI is InChI=1S/C9H4ClF3O4/c10-4-2-1-3(9(11,12)13)5(7(14)15)6(4)8(16)17/h1-2H,(H,14,15)(H,16,17). The number of hydrogen-bond acceptors (Lipinski definition) is 2. The SMILES string of the molecule is O=C(O)c1c(Cl)ccc(C(F)(F)F)c1C(=O)O. The van der Waals surface area contributed by atoms with E-state index in [4.69, 9.17) is 21.8 Å². The van der Waals surface area contributed by atoms with Crippen molar-refractivity contribution in [2.45, 2.75) is 6.18 Å². The van der Waals surface area contributed by atoms with Crippen LogP contribution in [0.15, 0.2) is 12.1 Å². The maximum absolute atomic E-state index is 12.5. The van der Waals surface area contributed by atoms with E-state index in [0.29, 0.717) is 12.1 Å². The molecule has 0 saturated heterocycles. The van der Waals surface area contributed by atoms with Crippen LogP contribution >= 0.6 is 11.6 Å². The van der Waals surface area contributed by atoms with Gasteiger partial charge in [0.2, 0.25) is 0 Å². The molecule has 0 heterocycles. The number of halogens is 4. The summed E-state index contributed by atoms with van der Waals surface area (Å²) >= 11 is 5.38. The van der Waals surface area contributed by atoms with E-state index in [1.54, 1.807) is 0 Å². The summed E-state index contributed by atoms with van der Waals surface area (Å²) in [5.41, 5.74) is -3.99. The van der Waals surface area contributed by atoms with Crippen LogP contribution in [0.5, 0.6) is 0 Å². The van der Waals surface area contributed by atoms with Gasteiger partial charge in [0.05, 0.1) is 21.7 Å². The highest BCUT2D eigenvalue weighted by atomic mass is 35.5. The summed E-state index contributed by atoms with van der Waals surface area (Å²) in [5, 5.41) is 16.8. The lowest BCUT2D eigenvalue weighted by atomic mass is 10.0. The fourth-order valence-corrected chi connectivity index (χ4v) is 1.48. The van der Waals surface area contributed by atoms with E-state index in [0.717, 1.165) is 0 Å². The topological polar surface area (TPSA) is 74.6 Å². The van der Waals surface area contributed by atoms with E-state index in [1.807, 2.05) is 0 Å². The molecular weight excluding hydrogens is 265 g/mol. The van der Waals surface area contributed by atoms with Gasteiger partial charge in [0, 0.05) is 0 Å². The van der Waals surface area contributed by atoms with Crippen molar-refractivity contribution in [1.82, 2.24) is 0 Å². The third-order valence-corrected chi connectivity index (χ3v) is 2.20. The van der Waals surface area contributed by atoms with Crippen molar-refractivity contribution < 1.29 is 33.0 Å². The zero-order chi connectivity index (χ0) is 13.4. The summed E-state index contributed by atoms with van der Waals surface area (Å²) in [6.07, 6.45) is -4.97. The van der Waals surface area contributed by atoms with Crippen molar-refractivity contribution >= 4 is 23.5 Å². The predicted octanol–water partition coefficient (Wildman–Crippen LogP) is 2.76. The van der Waals surface area contributed by atoms with Gasteiger partial charge in [-0.15, -0.1) is 0 Å². The molecule has 4 nitrogen and oxygen atoms in total. The van der Waals surface area contributed by atoms with E-state index in [2.05, 4.69) is 0 Å². The number of benzene rings is 1. The van der Waals surface area contributed by atoms with Crippen LogP contribution in [-0.2, 0) is 6.18 Å². The molecule has 1 rings (SSSR count). The molecule has 8 heteroatoms. The smallest absolute Gasteiger partial charge is 0.417 e. The molecule has 0 spiro atoms. The van der Waals surface area contributed by atoms with Crippen LogP contribution in [0.2, 0.25) is 5.02 Å². The van der Waals surface area contributed by atoms with Gasteiger partial charge in [0.25, 0.3) is 0 Å². The molecule has 92 valence electrons. The predicted molar refractivity (Wildman–Crippen MR) is 50.4 cm³/mol. The lowest BCUT2D eigenvalue weighted by Gasteiger charge is -2.13. The number of carboxylic acid groups (broad SMARTS) is 2. The van der Waals surface area contributed by atoms with Crippen molar-refractivity contribution in [2.24, 2.45) is 0 Å². The van der Waals surface area contributed by atoms with Gasteiger partial charge >= 0.3 is 18.1 Å². The number of rotatable bonds is 2. The Morgan fingerprint density at radius 1 is 1.06 bits per heavy atom. The zero-order valence-electron chi connectivity index (χ0n) is 7.88. The molecule has 0 unspecified atom stereocenters. The van der Waals surface area contributed by atoms with Gasteiger partial charge in [0.15, 0.2) is 0 Å². The maximum atomic E-state index is 12.5. The molecule has 0 bridgehead atoms. The average molecular weight is 269 g/mol. The second-order valence-electron chi connectivity index (χ2n) is 2.95. The first-order valence-electron chi connectivity index (χ1n) is 4.02. The molecule has 1 aromatic rings. The van der Waals surface area contributed by atoms with Crippen molar-refractivity contribution in [3.8, 4) is 0 Å². The number of hydrogen-bond donors (Lipinski definition) is 2. The van der Waals surface area contributed by atoms with Gasteiger partial charge in [-0.25, -0.2) is 9.59 Å². The third kappa shape index (κ3) is 2.50. The van der Waals surface area contributed by atoms with E-state index in [9.17, 15) is 22.8 Å². The molecule has 1 aromatic carbocycles. The van der Waals surface area contributed by atoms with Crippen LogP contribution in [0.4, 0.5) is 13.2 Å². The largest absolute Gasteiger partial charge is 0.478 e. The summed E-state index contributed by atoms with van der Waals surface area (Å²) in [6, 6.07) is 1.12. The molecule has 2 N–H and O–H groups in total. The van der Waals surface area contributed by atoms with Crippen LogP contribution in [0, 0.1) is 0 Å². The van der Waals surface area contributed by atoms with Crippen molar-refractivity contribution in [1.29, 1.82) is 0 Å². The van der Waals surface area contributed by atoms with E-state index in [-0.39, 0.29) is 0 Å². The van der Waals surface area contributed by atoms with Crippen molar-refractivity contribution in [3.05, 3.63) is 33.8 Å². The van der Waals surface area contributed by atoms with Gasteiger partial charge in [-0.2, -0.15) is 13.2 Å². The monoisotopic (exact) mass is 268 g/mol. The third-order valence-electron chi connectivity index (χ3n) is 1.89. The fourth-order valence-electron chi connectivity index (χ4n) is 1.24. The Labute approximate surface area is 97.2 Å². The Kier molecular flexibility index (Phi) is 3.33. The first-order valence-corrected chi connectivity index (χ1v) is 4.40. The van der Waals surface area contributed by atoms with Crippen LogP contribution < -0.4 is 0 Å². The van der Waals surface area contributed by atoms with Crippen molar-refractivity contribution in [2.75, 3.05) is 0 Å². The molecule has 0 amide bonds. The molecule has 0 atom stereocenters. The Morgan fingerprint density at radius 3 is 1.88 bits per heavy atom. The van der Waals surface area contributed by atoms with Gasteiger partial charge < -0.3 is 10.2 Å². The molecule has 0 aromatic heterocycles. The Hall–Kier alpha value is -1.76. The Balaban J connectivity index is 3.72. The van der Waals surface area contributed by atoms with Gasteiger partial charge in [-0.05, 0) is 12.1 Å². The first kappa shape index (κ1) is 13.3. The molecule has 0 aliphatic carbocycles. The highest BCUT2D eigenvalue weighted by molar-refractivity contribution is 6.34. The molecule has 0 aliphatic heterocycles. The first-order chi connectivity index (χ1) is 7.66. The summed E-state index contributed by atoms with van der Waals surface area (Å²) in [7, 11) is 0. The molecule has 0 fully saturated rings. The normalized spacial score (nSPS) is 11.3. The maximum Gasteiger partial charge on any atom is 0.417 e. The van der Waals surface area contributed by atoms with Crippen LogP contribution in [0.1, 0.15) is 26.3 Å². The summed E-state index contributed by atoms with van der Waals surface area (Å²) in [6.45, 7) is 0. The average Bonchev–Trinajstić information content (AvgIpc) is 2.14. The van der Waals surface area contributed by atoms with E-state index in [1.165, 1.54) is 0 Å². The lowest BCUT2D eigenvalue weighted by molar-refractivity contribution is -0.138. The second kappa shape index (κ2) is 4.25. The van der Waals surface area contributed by atoms with Crippen LogP contribution in [0.25, 0.3) is 0 Å². The molecule has 0 radical (unpaired) electrons. The fraction of sp³-hybridized carbons (Fsp3) is 0.111. The molecule has 0 aliphatic rings. The lowest BCUT2D eigenvalue weighted by Crippen LogP contribution is -2.18. The molecular formula is C9H4ClF3O4. The minimum Gasteiger partial charge on any atom is -0.478 e. The number of carbonyl (C=O) groups is 2. The highest BCUT2D eigenvalue weighted by Gasteiger charge is 2.38. The Morgan fingerprint density at radius 2 is 1.53 bits per heavy atom. The summed E-state index contributed by atoms with van der Waals surface area (Å²) in [5.74, 6) is -3.84. The summed E-state index contributed by atoms with van der Waals surface area (Å²) in [4.78, 5) is 21.4. The van der Waals surface area contributed by atoms with Gasteiger partial charge in [-0.3, -0.25) is 0 Å². The number of carboxylic acids is 2. The van der Waals surface area contributed by atoms with Crippen molar-refractivity contribution in [3.63, 3.8) is 0 Å². The highest BCUT2D eigenvalue weighted by Crippen LogP contribution is 2.35. The minimum absolute atomic E-state index is 0.429. The number of alkyl halides is 3. The second-order valence-corrected chi connectivity index (χ2v) is 3.36. The van der Waals surface area contributed by atoms with Crippen LogP contribution in [-0.4, -0.2) is 22.2 Å². The molecule has 0 saturated carbocycles. The Bertz CT molecular complexity index is 496. The van der Waals surface area contributed by atoms with E-state index >= 15 is 0 Å². The molecule has 17 heavy (non-hydrogen) atoms. The minimum atomic E-state index is -4.97. The zero-order valence-corrected chi connectivity index (χ0v) is 8.63. The van der Waals surface area contributed by atoms with Gasteiger partial charge in [0.1, 0.15) is 0 Å². The summed E-state index contributed by atoms with van der Waals surface area (Å²) < 4.78 is 37.5. The van der Waals surface area contributed by atoms with Crippen LogP contribution in [0.3, 0.4) is 0 Å². The van der Waals surface area contributed by atoms with Gasteiger partial charge in [-0.1, -0.05) is 11.6 Å². The van der Waals surface area contributed by atoms with E-state index < -0.39 is 39.8 Å².